The van der Waals surface area contributed by atoms with Gasteiger partial charge in [-0.3, -0.25) is 9.78 Å². The lowest BCUT2D eigenvalue weighted by Gasteiger charge is -2.13. The highest BCUT2D eigenvalue weighted by atomic mass is 32.2. The fraction of sp³-hybridized carbons (Fsp3) is 0.214. The molecular weight excluding hydrogens is 284 g/mol. The predicted molar refractivity (Wildman–Crippen MR) is 82.2 cm³/mol. The first-order valence-electron chi connectivity index (χ1n) is 6.59. The zero-order valence-electron chi connectivity index (χ0n) is 11.8. The summed E-state index contributed by atoms with van der Waals surface area (Å²) in [4.78, 5) is 5.21. The fourth-order valence-electron chi connectivity index (χ4n) is 1.97. The van der Waals surface area contributed by atoms with E-state index >= 15 is 0 Å². The molecule has 1 aromatic carbocycles. The molecule has 3 rings (SSSR count). The first-order chi connectivity index (χ1) is 10.2. The van der Waals surface area contributed by atoms with E-state index in [1.807, 2.05) is 24.1 Å². The SMILES string of the molecule is CC(Nc1ccc(Sc2ncn[nH]2)cc1)c1cnn(C)c1. The van der Waals surface area contributed by atoms with E-state index in [-0.39, 0.29) is 6.04 Å². The number of aromatic nitrogens is 5. The third-order valence-corrected chi connectivity index (χ3v) is 3.97. The number of benzene rings is 1. The van der Waals surface area contributed by atoms with Crippen LogP contribution in [0.2, 0.25) is 0 Å². The minimum Gasteiger partial charge on any atom is -0.378 e. The van der Waals surface area contributed by atoms with Gasteiger partial charge in [-0.2, -0.15) is 10.2 Å². The summed E-state index contributed by atoms with van der Waals surface area (Å²) in [5, 5.41) is 15.1. The average Bonchev–Trinajstić information content (AvgIpc) is 3.12. The summed E-state index contributed by atoms with van der Waals surface area (Å²) in [6.07, 6.45) is 5.41. The monoisotopic (exact) mass is 300 g/mol. The van der Waals surface area contributed by atoms with Crippen LogP contribution >= 0.6 is 11.8 Å². The van der Waals surface area contributed by atoms with Gasteiger partial charge in [0.1, 0.15) is 6.33 Å². The number of H-pyrrole nitrogens is 1. The van der Waals surface area contributed by atoms with Crippen LogP contribution in [0.3, 0.4) is 0 Å². The maximum atomic E-state index is 4.19. The molecule has 0 radical (unpaired) electrons. The van der Waals surface area contributed by atoms with Crippen LogP contribution < -0.4 is 5.32 Å². The highest BCUT2D eigenvalue weighted by Crippen LogP contribution is 2.26. The Kier molecular flexibility index (Phi) is 3.92. The Morgan fingerprint density at radius 1 is 1.29 bits per heavy atom. The molecule has 0 amide bonds. The van der Waals surface area contributed by atoms with Gasteiger partial charge in [0.05, 0.1) is 12.2 Å². The van der Waals surface area contributed by atoms with Crippen molar-refractivity contribution in [3.8, 4) is 0 Å². The summed E-state index contributed by atoms with van der Waals surface area (Å²) in [7, 11) is 1.92. The lowest BCUT2D eigenvalue weighted by atomic mass is 10.2. The van der Waals surface area contributed by atoms with Gasteiger partial charge >= 0.3 is 0 Å². The number of hydrogen-bond acceptors (Lipinski definition) is 5. The molecule has 2 N–H and O–H groups in total. The van der Waals surface area contributed by atoms with Crippen molar-refractivity contribution in [1.29, 1.82) is 0 Å². The first kappa shape index (κ1) is 13.7. The molecule has 2 aromatic heterocycles. The van der Waals surface area contributed by atoms with E-state index in [2.05, 4.69) is 56.8 Å². The van der Waals surface area contributed by atoms with Crippen LogP contribution in [0.5, 0.6) is 0 Å². The number of nitrogens with zero attached hydrogens (tertiary/aromatic N) is 4. The molecule has 1 atom stereocenters. The lowest BCUT2D eigenvalue weighted by Crippen LogP contribution is -2.05. The minimum absolute atomic E-state index is 0.214. The number of aryl methyl sites for hydroxylation is 1. The summed E-state index contributed by atoms with van der Waals surface area (Å²) in [5.41, 5.74) is 2.24. The third kappa shape index (κ3) is 3.43. The van der Waals surface area contributed by atoms with E-state index in [0.717, 1.165) is 21.3 Å². The van der Waals surface area contributed by atoms with E-state index < -0.39 is 0 Å². The molecular formula is C14H16N6S. The van der Waals surface area contributed by atoms with Crippen molar-refractivity contribution < 1.29 is 0 Å². The van der Waals surface area contributed by atoms with Gasteiger partial charge in [0.15, 0.2) is 5.16 Å². The second-order valence-electron chi connectivity index (χ2n) is 4.73. The second kappa shape index (κ2) is 6.01. The Bertz CT molecular complexity index is 689. The number of rotatable bonds is 5. The summed E-state index contributed by atoms with van der Waals surface area (Å²) in [5.74, 6) is 0. The van der Waals surface area contributed by atoms with Gasteiger partial charge in [-0.15, -0.1) is 0 Å². The molecule has 21 heavy (non-hydrogen) atoms. The van der Waals surface area contributed by atoms with E-state index in [9.17, 15) is 0 Å². The largest absolute Gasteiger partial charge is 0.378 e. The summed E-state index contributed by atoms with van der Waals surface area (Å²) < 4.78 is 1.81. The number of anilines is 1. The summed E-state index contributed by atoms with van der Waals surface area (Å²) >= 11 is 1.55. The molecule has 0 fully saturated rings. The second-order valence-corrected chi connectivity index (χ2v) is 5.79. The molecule has 0 saturated carbocycles. The van der Waals surface area contributed by atoms with Gasteiger partial charge in [-0.25, -0.2) is 4.98 Å². The number of aromatic amines is 1. The molecule has 7 heteroatoms. The zero-order chi connectivity index (χ0) is 14.7. The zero-order valence-corrected chi connectivity index (χ0v) is 12.6. The van der Waals surface area contributed by atoms with Crippen LogP contribution in [0.1, 0.15) is 18.5 Å². The standard InChI is InChI=1S/C14H16N6S/c1-10(11-7-17-20(2)8-11)18-12-3-5-13(6-4-12)21-14-15-9-16-19-14/h3-10,18H,1-2H3,(H,15,16,19). The molecule has 108 valence electrons. The lowest BCUT2D eigenvalue weighted by molar-refractivity contribution is 0.765. The topological polar surface area (TPSA) is 71.4 Å². The van der Waals surface area contributed by atoms with Crippen LogP contribution in [-0.2, 0) is 7.05 Å². The number of hydrogen-bond donors (Lipinski definition) is 2. The van der Waals surface area contributed by atoms with E-state index in [4.69, 9.17) is 0 Å². The highest BCUT2D eigenvalue weighted by Gasteiger charge is 2.07. The van der Waals surface area contributed by atoms with Crippen molar-refractivity contribution in [1.82, 2.24) is 25.0 Å². The van der Waals surface area contributed by atoms with Crippen molar-refractivity contribution in [2.75, 3.05) is 5.32 Å². The first-order valence-corrected chi connectivity index (χ1v) is 7.41. The maximum absolute atomic E-state index is 4.19. The smallest absolute Gasteiger partial charge is 0.188 e. The van der Waals surface area contributed by atoms with Gasteiger partial charge in [-0.05, 0) is 31.2 Å². The molecule has 0 aliphatic rings. The van der Waals surface area contributed by atoms with Crippen molar-refractivity contribution >= 4 is 17.4 Å². The highest BCUT2D eigenvalue weighted by molar-refractivity contribution is 7.99. The Morgan fingerprint density at radius 3 is 2.71 bits per heavy atom. The Labute approximate surface area is 127 Å². The van der Waals surface area contributed by atoms with E-state index in [1.54, 1.807) is 11.8 Å². The van der Waals surface area contributed by atoms with Crippen molar-refractivity contribution in [2.45, 2.75) is 23.0 Å². The van der Waals surface area contributed by atoms with Crippen LogP contribution in [0.4, 0.5) is 5.69 Å². The van der Waals surface area contributed by atoms with Gasteiger partial charge in [0.25, 0.3) is 0 Å². The van der Waals surface area contributed by atoms with Crippen LogP contribution in [0, 0.1) is 0 Å². The normalized spacial score (nSPS) is 12.3. The molecule has 0 spiro atoms. The maximum Gasteiger partial charge on any atom is 0.188 e. The molecule has 1 unspecified atom stereocenters. The summed E-state index contributed by atoms with van der Waals surface area (Å²) in [6.45, 7) is 2.12. The minimum atomic E-state index is 0.214. The Hall–Kier alpha value is -2.28. The fourth-order valence-corrected chi connectivity index (χ4v) is 2.66. The van der Waals surface area contributed by atoms with Gasteiger partial charge in [-0.1, -0.05) is 11.8 Å². The summed E-state index contributed by atoms with van der Waals surface area (Å²) in [6, 6.07) is 8.46. The van der Waals surface area contributed by atoms with Gasteiger partial charge in [0, 0.05) is 29.4 Å². The van der Waals surface area contributed by atoms with Crippen molar-refractivity contribution in [3.05, 3.63) is 48.5 Å². The van der Waals surface area contributed by atoms with Crippen LogP contribution in [0.15, 0.2) is 53.0 Å². The van der Waals surface area contributed by atoms with Gasteiger partial charge in [0.2, 0.25) is 0 Å². The Morgan fingerprint density at radius 2 is 2.10 bits per heavy atom. The van der Waals surface area contributed by atoms with Crippen molar-refractivity contribution in [2.24, 2.45) is 7.05 Å². The average molecular weight is 300 g/mol. The molecule has 6 nitrogen and oxygen atoms in total. The predicted octanol–water partition coefficient (Wildman–Crippen LogP) is 2.86. The number of nitrogens with one attached hydrogen (secondary N) is 2. The van der Waals surface area contributed by atoms with Crippen LogP contribution in [-0.4, -0.2) is 25.0 Å². The van der Waals surface area contributed by atoms with E-state index in [1.165, 1.54) is 6.33 Å². The quantitative estimate of drug-likeness (QED) is 0.758. The molecule has 0 bridgehead atoms. The van der Waals surface area contributed by atoms with Crippen LogP contribution in [0.25, 0.3) is 0 Å². The van der Waals surface area contributed by atoms with Gasteiger partial charge < -0.3 is 5.32 Å². The Balaban J connectivity index is 1.64. The molecule has 0 aliphatic carbocycles. The van der Waals surface area contributed by atoms with Crippen molar-refractivity contribution in [3.63, 3.8) is 0 Å². The van der Waals surface area contributed by atoms with E-state index in [0.29, 0.717) is 0 Å². The molecule has 0 aliphatic heterocycles. The molecule has 3 aromatic rings. The molecule has 0 saturated heterocycles. The third-order valence-electron chi connectivity index (χ3n) is 3.07. The molecule has 2 heterocycles.